The molecule has 2 N–H and O–H groups in total. The van der Waals surface area contributed by atoms with Crippen LogP contribution in [0.15, 0.2) is 0 Å². The normalized spacial score (nSPS) is 12.2. The van der Waals surface area contributed by atoms with E-state index in [-0.39, 0.29) is 24.3 Å². The van der Waals surface area contributed by atoms with Crippen molar-refractivity contribution in [2.24, 2.45) is 0 Å². The number of nitrogens with one attached hydrogen (secondary N) is 2. The second-order valence-electron chi connectivity index (χ2n) is 3.73. The third-order valence-electron chi connectivity index (χ3n) is 2.36. The smallest absolute Gasteiger partial charge is 0.245 e. The van der Waals surface area contributed by atoms with Crippen LogP contribution in [0.5, 0.6) is 0 Å². The quantitative estimate of drug-likeness (QED) is 0.551. The fourth-order valence-corrected chi connectivity index (χ4v) is 1.43. The molecule has 0 aliphatic carbocycles. The van der Waals surface area contributed by atoms with Crippen molar-refractivity contribution in [1.82, 2.24) is 10.6 Å². The molecule has 0 radical (unpaired) electrons. The third kappa shape index (κ3) is 7.36. The Morgan fingerprint density at radius 1 is 1.31 bits per heavy atom. The molecule has 94 valence electrons. The van der Waals surface area contributed by atoms with Crippen molar-refractivity contribution in [3.8, 4) is 0 Å². The van der Waals surface area contributed by atoms with Gasteiger partial charge in [-0.05, 0) is 33.2 Å². The first-order chi connectivity index (χ1) is 7.61. The molecule has 16 heavy (non-hydrogen) atoms. The molecule has 5 nitrogen and oxygen atoms in total. The van der Waals surface area contributed by atoms with Crippen LogP contribution in [0.1, 0.15) is 26.2 Å². The van der Waals surface area contributed by atoms with Gasteiger partial charge in [-0.25, -0.2) is 0 Å². The minimum atomic E-state index is -0.0979. The number of carbonyl (C=O) groups excluding carboxylic acids is 2. The summed E-state index contributed by atoms with van der Waals surface area (Å²) in [5.74, 6) is 0.0603. The van der Waals surface area contributed by atoms with E-state index in [1.807, 2.05) is 0 Å². The highest BCUT2D eigenvalue weighted by Crippen LogP contribution is 2.00. The Morgan fingerprint density at radius 2 is 2.00 bits per heavy atom. The first-order valence-corrected chi connectivity index (χ1v) is 5.55. The van der Waals surface area contributed by atoms with Crippen LogP contribution in [0.2, 0.25) is 0 Å². The van der Waals surface area contributed by atoms with Gasteiger partial charge in [-0.15, -0.1) is 0 Å². The number of likely N-dealkylation sites (N-methyl/N-ethyl adjacent to an activating group) is 1. The van der Waals surface area contributed by atoms with Gasteiger partial charge in [0.15, 0.2) is 0 Å². The van der Waals surface area contributed by atoms with Gasteiger partial charge < -0.3 is 15.4 Å². The zero-order valence-corrected chi connectivity index (χ0v) is 10.3. The van der Waals surface area contributed by atoms with Gasteiger partial charge in [-0.3, -0.25) is 9.59 Å². The minimum absolute atomic E-state index is 0.0605. The fourth-order valence-electron chi connectivity index (χ4n) is 1.43. The van der Waals surface area contributed by atoms with Crippen LogP contribution in [0.25, 0.3) is 0 Å². The number of Topliss-reactive ketones (excluding diaryl/α,β-unsaturated/α-hetero) is 1. The summed E-state index contributed by atoms with van der Waals surface area (Å²) in [6.45, 7) is 2.32. The molecule has 0 fully saturated rings. The van der Waals surface area contributed by atoms with Crippen molar-refractivity contribution in [2.45, 2.75) is 32.2 Å². The molecule has 1 unspecified atom stereocenters. The zero-order valence-electron chi connectivity index (χ0n) is 10.3. The number of amides is 1. The van der Waals surface area contributed by atoms with Crippen LogP contribution in [-0.4, -0.2) is 45.0 Å². The van der Waals surface area contributed by atoms with E-state index in [1.54, 1.807) is 14.0 Å². The van der Waals surface area contributed by atoms with Gasteiger partial charge in [0.1, 0.15) is 12.4 Å². The van der Waals surface area contributed by atoms with Crippen molar-refractivity contribution >= 4 is 11.7 Å². The second-order valence-corrected chi connectivity index (χ2v) is 3.73. The van der Waals surface area contributed by atoms with Crippen LogP contribution in [0, 0.1) is 0 Å². The Hall–Kier alpha value is -0.940. The van der Waals surface area contributed by atoms with Gasteiger partial charge in [-0.2, -0.15) is 0 Å². The van der Waals surface area contributed by atoms with E-state index in [4.69, 9.17) is 0 Å². The van der Waals surface area contributed by atoms with Gasteiger partial charge in [-0.1, -0.05) is 0 Å². The third-order valence-corrected chi connectivity index (χ3v) is 2.36. The standard InChI is InChI=1S/C11H22N2O3/c1-9(14)10(12-2)6-4-5-7-13-11(15)8-16-3/h10,12H,4-8H2,1-3H3,(H,13,15). The van der Waals surface area contributed by atoms with Crippen LogP contribution >= 0.6 is 0 Å². The number of ketones is 1. The summed E-state index contributed by atoms with van der Waals surface area (Å²) in [5, 5.41) is 5.70. The molecule has 0 heterocycles. The minimum Gasteiger partial charge on any atom is -0.375 e. The Labute approximate surface area is 96.9 Å². The van der Waals surface area contributed by atoms with Gasteiger partial charge in [0.2, 0.25) is 5.91 Å². The number of methoxy groups -OCH3 is 1. The van der Waals surface area contributed by atoms with Crippen LogP contribution in [-0.2, 0) is 14.3 Å². The van der Waals surface area contributed by atoms with Gasteiger partial charge in [0.05, 0.1) is 6.04 Å². The lowest BCUT2D eigenvalue weighted by molar-refractivity contribution is -0.124. The number of ether oxygens (including phenoxy) is 1. The van der Waals surface area contributed by atoms with E-state index in [9.17, 15) is 9.59 Å². The van der Waals surface area contributed by atoms with E-state index in [0.717, 1.165) is 19.3 Å². The molecule has 0 aromatic carbocycles. The first kappa shape index (κ1) is 15.1. The number of carbonyl (C=O) groups is 2. The van der Waals surface area contributed by atoms with Crippen LogP contribution in [0.3, 0.4) is 0 Å². The molecule has 1 amide bonds. The van der Waals surface area contributed by atoms with Crippen molar-refractivity contribution < 1.29 is 14.3 Å². The number of unbranched alkanes of at least 4 members (excludes halogenated alkanes) is 1. The zero-order chi connectivity index (χ0) is 12.4. The molecule has 5 heteroatoms. The highest BCUT2D eigenvalue weighted by Gasteiger charge is 2.10. The lowest BCUT2D eigenvalue weighted by atomic mass is 10.1. The molecule has 0 aliphatic heterocycles. The average Bonchev–Trinajstić information content (AvgIpc) is 2.23. The van der Waals surface area contributed by atoms with E-state index < -0.39 is 0 Å². The Balaban J connectivity index is 3.45. The maximum Gasteiger partial charge on any atom is 0.245 e. The van der Waals surface area contributed by atoms with Crippen LogP contribution < -0.4 is 10.6 Å². The van der Waals surface area contributed by atoms with Crippen molar-refractivity contribution in [2.75, 3.05) is 27.3 Å². The summed E-state index contributed by atoms with van der Waals surface area (Å²) >= 11 is 0. The Morgan fingerprint density at radius 3 is 2.50 bits per heavy atom. The first-order valence-electron chi connectivity index (χ1n) is 5.55. The molecule has 0 spiro atoms. The molecular weight excluding hydrogens is 208 g/mol. The summed E-state index contributed by atoms with van der Waals surface area (Å²) in [6.07, 6.45) is 2.60. The summed E-state index contributed by atoms with van der Waals surface area (Å²) in [7, 11) is 3.27. The highest BCUT2D eigenvalue weighted by atomic mass is 16.5. The number of hydrogen-bond donors (Lipinski definition) is 2. The van der Waals surface area contributed by atoms with Crippen molar-refractivity contribution in [3.63, 3.8) is 0 Å². The van der Waals surface area contributed by atoms with Crippen LogP contribution in [0.4, 0.5) is 0 Å². The maximum atomic E-state index is 11.1. The molecular formula is C11H22N2O3. The summed E-state index contributed by atoms with van der Waals surface area (Å²) in [5.41, 5.74) is 0. The Kier molecular flexibility index (Phi) is 8.75. The van der Waals surface area contributed by atoms with Crippen molar-refractivity contribution in [3.05, 3.63) is 0 Å². The molecule has 0 aromatic rings. The molecule has 0 aliphatic rings. The molecule has 0 saturated heterocycles. The molecule has 1 atom stereocenters. The van der Waals surface area contributed by atoms with E-state index in [2.05, 4.69) is 15.4 Å². The van der Waals surface area contributed by atoms with Gasteiger partial charge in [0.25, 0.3) is 0 Å². The fraction of sp³-hybridized carbons (Fsp3) is 0.818. The lowest BCUT2D eigenvalue weighted by Crippen LogP contribution is -2.32. The van der Waals surface area contributed by atoms with Gasteiger partial charge in [0, 0.05) is 13.7 Å². The Bertz CT molecular complexity index is 219. The summed E-state index contributed by atoms with van der Waals surface area (Å²) in [6, 6.07) is -0.0605. The highest BCUT2D eigenvalue weighted by molar-refractivity contribution is 5.81. The van der Waals surface area contributed by atoms with E-state index in [0.29, 0.717) is 6.54 Å². The maximum absolute atomic E-state index is 11.1. The second kappa shape index (κ2) is 9.30. The lowest BCUT2D eigenvalue weighted by Gasteiger charge is -2.12. The molecule has 0 rings (SSSR count). The largest absolute Gasteiger partial charge is 0.375 e. The van der Waals surface area contributed by atoms with Crippen molar-refractivity contribution in [1.29, 1.82) is 0 Å². The topological polar surface area (TPSA) is 67.4 Å². The van der Waals surface area contributed by atoms with E-state index >= 15 is 0 Å². The molecule has 0 aromatic heterocycles. The monoisotopic (exact) mass is 230 g/mol. The number of hydrogen-bond acceptors (Lipinski definition) is 4. The van der Waals surface area contributed by atoms with Gasteiger partial charge >= 0.3 is 0 Å². The summed E-state index contributed by atoms with van der Waals surface area (Å²) < 4.78 is 4.68. The molecule has 0 saturated carbocycles. The summed E-state index contributed by atoms with van der Waals surface area (Å²) in [4.78, 5) is 22.1. The average molecular weight is 230 g/mol. The van der Waals surface area contributed by atoms with E-state index in [1.165, 1.54) is 7.11 Å². The number of rotatable bonds is 9. The predicted molar refractivity (Wildman–Crippen MR) is 62.3 cm³/mol. The SMILES string of the molecule is CNC(CCCCNC(=O)COC)C(C)=O. The predicted octanol–water partition coefficient (Wildman–Crippen LogP) is 0.0963. The molecule has 0 bridgehead atoms.